The van der Waals surface area contributed by atoms with E-state index in [4.69, 9.17) is 69.0 Å². The van der Waals surface area contributed by atoms with Crippen LogP contribution in [0.2, 0.25) is 0 Å². The zero-order valence-electron chi connectivity index (χ0n) is 53.3. The van der Waals surface area contributed by atoms with Crippen molar-refractivity contribution in [2.24, 2.45) is 22.8 Å². The topological polar surface area (TPSA) is 295 Å². The van der Waals surface area contributed by atoms with Crippen LogP contribution in [-0.4, -0.2) is 155 Å². The molecule has 0 bridgehead atoms. The van der Waals surface area contributed by atoms with Gasteiger partial charge in [-0.3, -0.25) is 33.7 Å². The van der Waals surface area contributed by atoms with Gasteiger partial charge in [-0.25, -0.2) is 4.79 Å². The number of hydrogen-bond donors (Lipinski definition) is 10. The van der Waals surface area contributed by atoms with E-state index in [1.807, 2.05) is 54.2 Å². The molecule has 3 aliphatic rings. The molecule has 6 unspecified atom stereocenters. The molecule has 4 heterocycles. The summed E-state index contributed by atoms with van der Waals surface area (Å²) in [5, 5.41) is 15.9. The van der Waals surface area contributed by atoms with Crippen molar-refractivity contribution in [3.8, 4) is 5.75 Å². The number of likely N-dealkylation sites (N-methyl/N-ethyl adjacent to an activating group) is 2. The standard InChI is InChI=1S/C65H89Cl2N13O9S2/c1-36(2)55(76-59(84)45(73-40(6)81)13-9-10-23-68)60(85)75-46(14-11-24-70-62(69)87)58(83)74-44-17-15-41(16-18-44)35-88-63(90)77(7)25-26-78(8)64(91)89-49-28-48-54(52-39(5)32-72-57(49)52)42(29-66)33-79(48)50(82)19-22-65(20-12-21-65)61(86)80-34-43(30-67)53-47(80)27-37(3)56-51(53)38(4)31-71-56/h15-18,27-28,31-32,36,42-43,45-46,55,64,71-72,91H,9-14,19-26,29-30,33-35,68H2,1-8H3,(H,73,81)(H,74,83)(H,75,85)(H,76,84)(H3,69,70,87). The van der Waals surface area contributed by atoms with Crippen molar-refractivity contribution in [1.29, 1.82) is 0 Å². The van der Waals surface area contributed by atoms with Gasteiger partial charge in [0.15, 0.2) is 5.56 Å². The lowest BCUT2D eigenvalue weighted by molar-refractivity contribution is -0.134. The molecule has 8 rings (SSSR count). The Labute approximate surface area is 553 Å². The predicted molar refractivity (Wildman–Crippen MR) is 365 cm³/mol. The van der Waals surface area contributed by atoms with Crippen molar-refractivity contribution in [1.82, 2.24) is 41.0 Å². The summed E-state index contributed by atoms with van der Waals surface area (Å²) >= 11 is 23.9. The average Bonchev–Trinajstić information content (AvgIpc) is 1.61. The Morgan fingerprint density at radius 1 is 0.802 bits per heavy atom. The maximum absolute atomic E-state index is 14.9. The first-order valence-corrected chi connectivity index (χ1v) is 33.3. The van der Waals surface area contributed by atoms with Gasteiger partial charge in [-0.1, -0.05) is 32.4 Å². The number of thiol groups is 1. The molecule has 8 amide bonds. The first-order chi connectivity index (χ1) is 43.4. The number of primary amides is 1. The molecule has 0 spiro atoms. The van der Waals surface area contributed by atoms with E-state index in [1.54, 1.807) is 43.0 Å². The lowest BCUT2D eigenvalue weighted by Crippen LogP contribution is -2.57. The van der Waals surface area contributed by atoms with Crippen LogP contribution in [0.5, 0.6) is 5.75 Å². The number of nitrogens with zero attached hydrogens (tertiary/aromatic N) is 4. The third kappa shape index (κ3) is 16.3. The van der Waals surface area contributed by atoms with Gasteiger partial charge in [0, 0.05) is 123 Å². The van der Waals surface area contributed by atoms with Gasteiger partial charge in [-0.2, -0.15) is 0 Å². The Morgan fingerprint density at radius 3 is 2.02 bits per heavy atom. The summed E-state index contributed by atoms with van der Waals surface area (Å²) in [5.41, 5.74) is 19.6. The number of benzene rings is 3. The fourth-order valence-electron chi connectivity index (χ4n) is 12.7. The Morgan fingerprint density at radius 2 is 1.42 bits per heavy atom. The summed E-state index contributed by atoms with van der Waals surface area (Å²) in [6.07, 6.45) is 8.92. The smallest absolute Gasteiger partial charge is 0.312 e. The number of alkyl halides is 2. The number of halogens is 2. The number of aromatic nitrogens is 2. The zero-order valence-corrected chi connectivity index (χ0v) is 56.5. The summed E-state index contributed by atoms with van der Waals surface area (Å²) in [4.78, 5) is 108. The van der Waals surface area contributed by atoms with Crippen molar-refractivity contribution in [3.05, 3.63) is 82.2 Å². The number of carbonyl (C=O) groups excluding carboxylic acids is 7. The minimum atomic E-state index is -1.07. The molecule has 0 radical (unpaired) electrons. The molecule has 1 fully saturated rings. The minimum Gasteiger partial charge on any atom is -0.466 e. The zero-order chi connectivity index (χ0) is 66.0. The number of amides is 8. The number of ether oxygens (including phenoxy) is 2. The summed E-state index contributed by atoms with van der Waals surface area (Å²) in [6.45, 7) is 13.5. The number of rotatable bonds is 30. The molecular formula is C65H89Cl2N13O9S2. The van der Waals surface area contributed by atoms with Gasteiger partial charge in [-0.05, 0) is 155 Å². The normalized spacial score (nSPS) is 17.0. The first-order valence-electron chi connectivity index (χ1n) is 31.3. The third-order valence-electron chi connectivity index (χ3n) is 18.0. The van der Waals surface area contributed by atoms with E-state index in [2.05, 4.69) is 56.5 Å². The second-order valence-corrected chi connectivity index (χ2v) is 26.4. The van der Waals surface area contributed by atoms with Crippen LogP contribution < -0.4 is 52.6 Å². The first kappa shape index (κ1) is 70.0. The number of thiocarbonyl (C=S) groups is 1. The number of aromatic amines is 2. The van der Waals surface area contributed by atoms with Crippen LogP contribution in [0.3, 0.4) is 0 Å². The largest absolute Gasteiger partial charge is 0.466 e. The molecule has 26 heteroatoms. The van der Waals surface area contributed by atoms with Crippen molar-refractivity contribution in [2.75, 3.05) is 80.2 Å². The molecular weight excluding hydrogens is 1240 g/mol. The molecule has 3 aromatic carbocycles. The van der Waals surface area contributed by atoms with Crippen molar-refractivity contribution in [3.63, 3.8) is 0 Å². The fourth-order valence-corrected chi connectivity index (χ4v) is 13.5. The van der Waals surface area contributed by atoms with Crippen LogP contribution >= 0.6 is 48.0 Å². The van der Waals surface area contributed by atoms with E-state index in [0.717, 1.165) is 85.8 Å². The van der Waals surface area contributed by atoms with Crippen LogP contribution in [0.15, 0.2) is 48.8 Å². The van der Waals surface area contributed by atoms with Gasteiger partial charge < -0.3 is 72.2 Å². The lowest BCUT2D eigenvalue weighted by atomic mass is 9.65. The number of unbranched alkanes of at least 4 members (excludes halogenated alkanes) is 1. The highest BCUT2D eigenvalue weighted by Crippen LogP contribution is 2.52. The molecule has 1 aliphatic carbocycles. The van der Waals surface area contributed by atoms with E-state index in [-0.39, 0.29) is 60.7 Å². The molecule has 2 aromatic heterocycles. The van der Waals surface area contributed by atoms with Crippen LogP contribution in [0, 0.1) is 32.1 Å². The molecule has 2 aliphatic heterocycles. The molecule has 91 heavy (non-hydrogen) atoms. The number of urea groups is 1. The van der Waals surface area contributed by atoms with Gasteiger partial charge in [0.25, 0.3) is 5.17 Å². The highest BCUT2D eigenvalue weighted by Gasteiger charge is 2.50. The highest BCUT2D eigenvalue weighted by atomic mass is 35.5. The fraction of sp³-hybridized carbons (Fsp3) is 0.538. The number of carbonyl (C=O) groups is 7. The number of nitrogens with two attached hydrogens (primary N) is 2. The third-order valence-corrected chi connectivity index (χ3v) is 19.7. The van der Waals surface area contributed by atoms with Crippen LogP contribution in [0.4, 0.5) is 21.9 Å². The van der Waals surface area contributed by atoms with Crippen molar-refractivity contribution < 1.29 is 43.0 Å². The molecule has 494 valence electrons. The summed E-state index contributed by atoms with van der Waals surface area (Å²) in [6, 6.07) is 7.24. The molecule has 0 saturated heterocycles. The van der Waals surface area contributed by atoms with E-state index in [9.17, 15) is 33.6 Å². The molecule has 1 saturated carbocycles. The Hall–Kier alpha value is -6.83. The molecule has 5 aromatic rings. The van der Waals surface area contributed by atoms with Crippen LogP contribution in [-0.2, 0) is 40.1 Å². The van der Waals surface area contributed by atoms with E-state index in [0.29, 0.717) is 88.0 Å². The summed E-state index contributed by atoms with van der Waals surface area (Å²) < 4.78 is 12.7. The van der Waals surface area contributed by atoms with Crippen molar-refractivity contribution >= 4 is 134 Å². The Bertz CT molecular complexity index is 3490. The summed E-state index contributed by atoms with van der Waals surface area (Å²) in [5.74, 6) is -1.33. The van der Waals surface area contributed by atoms with Gasteiger partial charge >= 0.3 is 6.03 Å². The highest BCUT2D eigenvalue weighted by molar-refractivity contribution is 7.80. The lowest BCUT2D eigenvalue weighted by Gasteiger charge is -2.43. The van der Waals surface area contributed by atoms with Crippen LogP contribution in [0.25, 0.3) is 21.8 Å². The van der Waals surface area contributed by atoms with Crippen LogP contribution in [0.1, 0.15) is 130 Å². The van der Waals surface area contributed by atoms with Gasteiger partial charge in [0.1, 0.15) is 30.5 Å². The second kappa shape index (κ2) is 31.2. The van der Waals surface area contributed by atoms with Crippen molar-refractivity contribution in [2.45, 2.75) is 148 Å². The number of fused-ring (bicyclic) bond motifs is 6. The Kier molecular flexibility index (Phi) is 24.0. The minimum absolute atomic E-state index is 0.00179. The molecule has 11 N–H and O–H groups in total. The average molecular weight is 1330 g/mol. The van der Waals surface area contributed by atoms with Gasteiger partial charge in [0.05, 0.1) is 16.6 Å². The van der Waals surface area contributed by atoms with E-state index >= 15 is 0 Å². The molecule has 6 atom stereocenters. The Balaban J connectivity index is 0.848. The predicted octanol–water partition coefficient (Wildman–Crippen LogP) is 8.17. The number of nitrogens with one attached hydrogen (secondary N) is 7. The van der Waals surface area contributed by atoms with Gasteiger partial charge in [-0.15, -0.1) is 35.8 Å². The monoisotopic (exact) mass is 1330 g/mol. The number of anilines is 3. The number of hydrogen-bond acceptors (Lipinski definition) is 13. The maximum atomic E-state index is 14.9. The SMILES string of the molecule is CC(=O)NC(CCCCN)C(=O)NC(C(=O)NC(CCCNC(N)=O)C(=O)Nc1ccc(COC(=S)N(C)CCN(C)C(S)Oc2cc3c(c4c(C)c[nH]c24)C(CCl)CN3C(=O)CCC2(C(=O)N3CC(CCl)c4c3cc(C)c3[nH]cc(C)c43)CCC2)cc1)C(C)C. The molecule has 22 nitrogen and oxygen atoms in total. The summed E-state index contributed by atoms with van der Waals surface area (Å²) in [7, 11) is 3.71. The van der Waals surface area contributed by atoms with Gasteiger partial charge in [0.2, 0.25) is 35.4 Å². The van der Waals surface area contributed by atoms with E-state index < -0.39 is 58.8 Å². The van der Waals surface area contributed by atoms with E-state index in [1.165, 1.54) is 6.92 Å². The second-order valence-electron chi connectivity index (χ2n) is 25.0. The quantitative estimate of drug-likeness (QED) is 0.00683. The maximum Gasteiger partial charge on any atom is 0.312 e. The number of H-pyrrole nitrogens is 2. The number of aryl methyl sites for hydroxylation is 3.